The highest BCUT2D eigenvalue weighted by molar-refractivity contribution is 7.89. The number of hydrogen-bond acceptors (Lipinski definition) is 7. The lowest BCUT2D eigenvalue weighted by atomic mass is 10.0. The van der Waals surface area contributed by atoms with Crippen LogP contribution in [0.3, 0.4) is 0 Å². The van der Waals surface area contributed by atoms with Gasteiger partial charge in [-0.05, 0) is 38.9 Å². The van der Waals surface area contributed by atoms with E-state index in [1.54, 1.807) is 55.8 Å². The van der Waals surface area contributed by atoms with Gasteiger partial charge in [-0.1, -0.05) is 24.6 Å². The molecule has 30 heavy (non-hydrogen) atoms. The Bertz CT molecular complexity index is 857. The quantitative estimate of drug-likeness (QED) is 0.530. The summed E-state index contributed by atoms with van der Waals surface area (Å²) in [5, 5.41) is 12.7. The van der Waals surface area contributed by atoms with Gasteiger partial charge in [0.25, 0.3) is 0 Å². The van der Waals surface area contributed by atoms with Gasteiger partial charge in [-0.15, -0.1) is 11.3 Å². The van der Waals surface area contributed by atoms with Crippen LogP contribution in [0.25, 0.3) is 0 Å². The number of aromatic nitrogens is 1. The first-order valence-corrected chi connectivity index (χ1v) is 12.3. The predicted molar refractivity (Wildman–Crippen MR) is 120 cm³/mol. The molecule has 168 valence electrons. The molecule has 0 fully saturated rings. The van der Waals surface area contributed by atoms with E-state index < -0.39 is 16.1 Å². The van der Waals surface area contributed by atoms with Gasteiger partial charge < -0.3 is 9.84 Å². The smallest absolute Gasteiger partial charge is 0.243 e. The van der Waals surface area contributed by atoms with Crippen molar-refractivity contribution in [3.8, 4) is 0 Å². The number of nitrogens with zero attached hydrogens (tertiary/aromatic N) is 3. The Morgan fingerprint density at radius 3 is 2.40 bits per heavy atom. The molecule has 0 spiro atoms. The molecule has 0 unspecified atom stereocenters. The lowest BCUT2D eigenvalue weighted by molar-refractivity contribution is 0.0221. The van der Waals surface area contributed by atoms with Crippen molar-refractivity contribution in [2.24, 2.45) is 5.92 Å². The van der Waals surface area contributed by atoms with Crippen LogP contribution in [0.5, 0.6) is 0 Å². The van der Waals surface area contributed by atoms with Crippen molar-refractivity contribution in [2.45, 2.75) is 44.4 Å². The van der Waals surface area contributed by atoms with Crippen LogP contribution in [0.15, 0.2) is 40.7 Å². The fraction of sp³-hybridized carbons (Fsp3) is 0.571. The molecule has 1 aromatic heterocycles. The van der Waals surface area contributed by atoms with Crippen molar-refractivity contribution < 1.29 is 18.3 Å². The van der Waals surface area contributed by atoms with Gasteiger partial charge in [-0.2, -0.15) is 4.31 Å². The van der Waals surface area contributed by atoms with Crippen molar-refractivity contribution in [3.05, 3.63) is 46.4 Å². The van der Waals surface area contributed by atoms with E-state index in [9.17, 15) is 13.5 Å². The van der Waals surface area contributed by atoms with E-state index in [2.05, 4.69) is 9.88 Å². The standard InChI is InChI=1S/C21H33N3O4S2/c1-16-6-8-19(9-7-16)30(26,27)24(18(3)15-25)12-17(2)20(28-5)13-23(4)14-21-22-10-11-29-21/h6-11,17-18,20,25H,12-15H2,1-5H3/t17-,18+,20+/m0/s1. The van der Waals surface area contributed by atoms with E-state index in [1.165, 1.54) is 4.31 Å². The van der Waals surface area contributed by atoms with Gasteiger partial charge in [0.15, 0.2) is 0 Å². The average Bonchev–Trinajstić information content (AvgIpc) is 3.22. The number of aliphatic hydroxyl groups is 1. The zero-order chi connectivity index (χ0) is 22.3. The van der Waals surface area contributed by atoms with Gasteiger partial charge >= 0.3 is 0 Å². The van der Waals surface area contributed by atoms with Crippen LogP contribution in [0, 0.1) is 12.8 Å². The van der Waals surface area contributed by atoms with Crippen molar-refractivity contribution in [1.82, 2.24) is 14.2 Å². The summed E-state index contributed by atoms with van der Waals surface area (Å²) in [6.45, 7) is 6.97. The first kappa shape index (κ1) is 24.9. The maximum absolute atomic E-state index is 13.3. The summed E-state index contributed by atoms with van der Waals surface area (Å²) in [5.74, 6) is -0.0806. The first-order valence-electron chi connectivity index (χ1n) is 9.98. The third-order valence-corrected chi connectivity index (χ3v) is 7.93. The van der Waals surface area contributed by atoms with Crippen LogP contribution in [0.1, 0.15) is 24.4 Å². The summed E-state index contributed by atoms with van der Waals surface area (Å²) in [7, 11) is -0.0968. The number of rotatable bonds is 12. The Kier molecular flexibility index (Phi) is 9.39. The molecular formula is C21H33N3O4S2. The minimum absolute atomic E-state index is 0.0806. The number of thiazole rings is 1. The summed E-state index contributed by atoms with van der Waals surface area (Å²) in [5.41, 5.74) is 0.992. The molecule has 0 aliphatic heterocycles. The molecule has 7 nitrogen and oxygen atoms in total. The Hall–Kier alpha value is -1.36. The van der Waals surface area contributed by atoms with E-state index >= 15 is 0 Å². The molecule has 1 N–H and O–H groups in total. The molecule has 1 aromatic carbocycles. The highest BCUT2D eigenvalue weighted by atomic mass is 32.2. The zero-order valence-electron chi connectivity index (χ0n) is 18.4. The first-order chi connectivity index (χ1) is 14.2. The van der Waals surface area contributed by atoms with Crippen LogP contribution in [0.2, 0.25) is 0 Å². The second-order valence-corrected chi connectivity index (χ2v) is 10.7. The lowest BCUT2D eigenvalue weighted by Gasteiger charge is -2.33. The van der Waals surface area contributed by atoms with Crippen LogP contribution in [-0.4, -0.2) is 73.7 Å². The molecule has 1 heterocycles. The zero-order valence-corrected chi connectivity index (χ0v) is 20.0. The molecular weight excluding hydrogens is 422 g/mol. The highest BCUT2D eigenvalue weighted by Crippen LogP contribution is 2.22. The molecule has 0 aliphatic rings. The summed E-state index contributed by atoms with van der Waals surface area (Å²) in [6.07, 6.45) is 1.62. The second-order valence-electron chi connectivity index (χ2n) is 7.79. The molecule has 2 aromatic rings. The van der Waals surface area contributed by atoms with Gasteiger partial charge in [0.05, 0.1) is 24.2 Å². The Morgan fingerprint density at radius 2 is 1.87 bits per heavy atom. The van der Waals surface area contributed by atoms with Crippen LogP contribution in [-0.2, 0) is 21.3 Å². The van der Waals surface area contributed by atoms with E-state index in [0.717, 1.165) is 10.6 Å². The summed E-state index contributed by atoms with van der Waals surface area (Å²) >= 11 is 1.60. The molecule has 0 radical (unpaired) electrons. The molecule has 0 saturated carbocycles. The number of benzene rings is 1. The number of methoxy groups -OCH3 is 1. The SMILES string of the molecule is CO[C@H](CN(C)Cc1nccs1)[C@@H](C)CN([C@H](C)CO)S(=O)(=O)c1ccc(C)cc1. The van der Waals surface area contributed by atoms with Crippen molar-refractivity contribution in [3.63, 3.8) is 0 Å². The van der Waals surface area contributed by atoms with Crippen LogP contribution >= 0.6 is 11.3 Å². The predicted octanol–water partition coefficient (Wildman–Crippen LogP) is 2.61. The normalized spacial score (nSPS) is 15.5. The van der Waals surface area contributed by atoms with Crippen molar-refractivity contribution >= 4 is 21.4 Å². The molecule has 0 saturated heterocycles. The Balaban J connectivity index is 2.14. The molecule has 0 aliphatic carbocycles. The van der Waals surface area contributed by atoms with Crippen LogP contribution < -0.4 is 0 Å². The van der Waals surface area contributed by atoms with E-state index in [-0.39, 0.29) is 30.1 Å². The summed E-state index contributed by atoms with van der Waals surface area (Å²) < 4.78 is 33.7. The number of sulfonamides is 1. The van der Waals surface area contributed by atoms with Crippen molar-refractivity contribution in [2.75, 3.05) is 33.9 Å². The number of aryl methyl sites for hydroxylation is 1. The van der Waals surface area contributed by atoms with Crippen LogP contribution in [0.4, 0.5) is 0 Å². The summed E-state index contributed by atoms with van der Waals surface area (Å²) in [6, 6.07) is 6.25. The Morgan fingerprint density at radius 1 is 1.20 bits per heavy atom. The molecule has 3 atom stereocenters. The third-order valence-electron chi connectivity index (χ3n) is 5.17. The van der Waals surface area contributed by atoms with Gasteiger partial charge in [-0.25, -0.2) is 13.4 Å². The number of aliphatic hydroxyl groups excluding tert-OH is 1. The molecule has 0 bridgehead atoms. The summed E-state index contributed by atoms with van der Waals surface area (Å²) in [4.78, 5) is 6.66. The van der Waals surface area contributed by atoms with Crippen molar-refractivity contribution in [1.29, 1.82) is 0 Å². The molecule has 2 rings (SSSR count). The van der Waals surface area contributed by atoms with Gasteiger partial charge in [-0.3, -0.25) is 4.90 Å². The Labute approximate surface area is 184 Å². The average molecular weight is 456 g/mol. The second kappa shape index (κ2) is 11.3. The topological polar surface area (TPSA) is 83.0 Å². The maximum atomic E-state index is 13.3. The van der Waals surface area contributed by atoms with Gasteiger partial charge in [0.1, 0.15) is 5.01 Å². The monoisotopic (exact) mass is 455 g/mol. The highest BCUT2D eigenvalue weighted by Gasteiger charge is 2.32. The van der Waals surface area contributed by atoms with E-state index in [0.29, 0.717) is 13.1 Å². The van der Waals surface area contributed by atoms with Gasteiger partial charge in [0, 0.05) is 37.8 Å². The third kappa shape index (κ3) is 6.57. The minimum Gasteiger partial charge on any atom is -0.395 e. The molecule has 9 heteroatoms. The molecule has 0 amide bonds. The largest absolute Gasteiger partial charge is 0.395 e. The fourth-order valence-electron chi connectivity index (χ4n) is 3.27. The van der Waals surface area contributed by atoms with E-state index in [1.807, 2.05) is 26.3 Å². The fourth-order valence-corrected chi connectivity index (χ4v) is 5.69. The van der Waals surface area contributed by atoms with Gasteiger partial charge in [0.2, 0.25) is 10.0 Å². The number of hydrogen-bond donors (Lipinski definition) is 1. The number of likely N-dealkylation sites (N-methyl/N-ethyl adjacent to an activating group) is 1. The lowest BCUT2D eigenvalue weighted by Crippen LogP contribution is -2.46. The minimum atomic E-state index is -3.74. The maximum Gasteiger partial charge on any atom is 0.243 e. The van der Waals surface area contributed by atoms with E-state index in [4.69, 9.17) is 4.74 Å². The number of ether oxygens (including phenoxy) is 1.